The predicted octanol–water partition coefficient (Wildman–Crippen LogP) is 3.03. The van der Waals surface area contributed by atoms with Gasteiger partial charge in [0.2, 0.25) is 0 Å². The van der Waals surface area contributed by atoms with Gasteiger partial charge in [0.15, 0.2) is 0 Å². The first-order valence-corrected chi connectivity index (χ1v) is 12.0. The van der Waals surface area contributed by atoms with Gasteiger partial charge in [-0.2, -0.15) is 5.10 Å². The summed E-state index contributed by atoms with van der Waals surface area (Å²) in [5, 5.41) is 4.12. The number of carbonyl (C=O) groups excluding carboxylic acids is 1. The summed E-state index contributed by atoms with van der Waals surface area (Å²) < 4.78 is 7.86. The zero-order valence-electron chi connectivity index (χ0n) is 19.8. The van der Waals surface area contributed by atoms with Gasteiger partial charge >= 0.3 is 0 Å². The summed E-state index contributed by atoms with van der Waals surface area (Å²) in [4.78, 5) is 30.9. The molecule has 5 rings (SSSR count). The zero-order valence-corrected chi connectivity index (χ0v) is 19.8. The van der Waals surface area contributed by atoms with Crippen molar-refractivity contribution in [1.29, 1.82) is 0 Å². The Morgan fingerprint density at radius 1 is 1.20 bits per heavy atom. The van der Waals surface area contributed by atoms with Gasteiger partial charge < -0.3 is 9.30 Å². The van der Waals surface area contributed by atoms with Crippen molar-refractivity contribution in [3.63, 3.8) is 0 Å². The Bertz CT molecular complexity index is 1290. The Hall–Kier alpha value is -3.78. The highest BCUT2D eigenvalue weighted by Crippen LogP contribution is 2.36. The molecule has 1 amide bonds. The fraction of sp³-hybridized carbons (Fsp3) is 0.333. The maximum atomic E-state index is 12.3. The van der Waals surface area contributed by atoms with Gasteiger partial charge in [0.25, 0.3) is 11.5 Å². The largest absolute Gasteiger partial charge is 0.494 e. The Balaban J connectivity index is 1.30. The summed E-state index contributed by atoms with van der Waals surface area (Å²) in [5.41, 5.74) is 6.22. The lowest BCUT2D eigenvalue weighted by atomic mass is 9.83. The van der Waals surface area contributed by atoms with Crippen LogP contribution in [0.15, 0.2) is 70.8 Å². The summed E-state index contributed by atoms with van der Waals surface area (Å²) in [5.74, 6) is 1.37. The van der Waals surface area contributed by atoms with Crippen LogP contribution in [0.2, 0.25) is 0 Å². The summed E-state index contributed by atoms with van der Waals surface area (Å²) in [6, 6.07) is 15.0. The highest BCUT2D eigenvalue weighted by Gasteiger charge is 2.34. The minimum Gasteiger partial charge on any atom is -0.494 e. The van der Waals surface area contributed by atoms with Gasteiger partial charge in [-0.25, -0.2) is 5.43 Å². The maximum absolute atomic E-state index is 12.3. The second-order valence-electron chi connectivity index (χ2n) is 9.13. The van der Waals surface area contributed by atoms with Crippen molar-refractivity contribution in [1.82, 2.24) is 19.9 Å². The van der Waals surface area contributed by atoms with E-state index < -0.39 is 0 Å². The van der Waals surface area contributed by atoms with E-state index in [2.05, 4.69) is 32.5 Å². The number of hydrogen-bond acceptors (Lipinski definition) is 6. The topological polar surface area (TPSA) is 88.8 Å². The minimum absolute atomic E-state index is 0.104. The standard InChI is InChI=1S/C27H29N5O3/c1-2-35-25-9-8-19(13-29-30-27(34)21-5-4-10-28-14-21)11-23(25)18-31-15-20-12-22(17-31)24-6-3-7-26(33)32(24)16-20/h3-11,13-14,20,22H,2,12,15-18H2,1H3,(H,30,34)/b29-13-/t20-,22+/m1/s1. The van der Waals surface area contributed by atoms with Crippen molar-refractivity contribution < 1.29 is 9.53 Å². The summed E-state index contributed by atoms with van der Waals surface area (Å²) >= 11 is 0. The van der Waals surface area contributed by atoms with Crippen molar-refractivity contribution in [3.05, 3.63) is 93.7 Å². The molecule has 0 saturated carbocycles. The molecule has 3 aromatic rings. The van der Waals surface area contributed by atoms with E-state index in [-0.39, 0.29) is 11.5 Å². The third-order valence-electron chi connectivity index (χ3n) is 6.64. The number of pyridine rings is 2. The van der Waals surface area contributed by atoms with Crippen molar-refractivity contribution in [2.45, 2.75) is 32.4 Å². The first kappa shape index (κ1) is 23.0. The van der Waals surface area contributed by atoms with Crippen LogP contribution in [-0.2, 0) is 13.1 Å². The quantitative estimate of drug-likeness (QED) is 0.423. The van der Waals surface area contributed by atoms with Gasteiger partial charge in [0.1, 0.15) is 5.75 Å². The van der Waals surface area contributed by atoms with Gasteiger partial charge in [-0.3, -0.25) is 19.5 Å². The van der Waals surface area contributed by atoms with E-state index in [9.17, 15) is 9.59 Å². The third kappa shape index (κ3) is 5.17. The third-order valence-corrected chi connectivity index (χ3v) is 6.64. The summed E-state index contributed by atoms with van der Waals surface area (Å²) in [6.07, 6.45) is 5.89. The van der Waals surface area contributed by atoms with Crippen molar-refractivity contribution in [3.8, 4) is 5.75 Å². The fourth-order valence-electron chi connectivity index (χ4n) is 5.19. The van der Waals surface area contributed by atoms with Crippen molar-refractivity contribution >= 4 is 12.1 Å². The number of fused-ring (bicyclic) bond motifs is 4. The van der Waals surface area contributed by atoms with E-state index in [0.717, 1.165) is 55.2 Å². The molecule has 2 aliphatic heterocycles. The number of hydrogen-bond donors (Lipinski definition) is 1. The van der Waals surface area contributed by atoms with Gasteiger partial charge in [-0.05, 0) is 61.2 Å². The number of nitrogens with one attached hydrogen (secondary N) is 1. The molecule has 1 aromatic carbocycles. The molecule has 4 heterocycles. The van der Waals surface area contributed by atoms with Gasteiger partial charge in [-0.15, -0.1) is 0 Å². The van der Waals surface area contributed by atoms with Crippen LogP contribution in [0, 0.1) is 5.92 Å². The predicted molar refractivity (Wildman–Crippen MR) is 134 cm³/mol. The number of rotatable bonds is 7. The SMILES string of the molecule is CCOc1ccc(/C=N\NC(=O)c2cccnc2)cc1CN1C[C@H]2C[C@@H](C1)c1cccc(=O)n1C2. The Labute approximate surface area is 204 Å². The van der Waals surface area contributed by atoms with Crippen molar-refractivity contribution in [2.75, 3.05) is 19.7 Å². The fourth-order valence-corrected chi connectivity index (χ4v) is 5.19. The van der Waals surface area contributed by atoms with Crippen LogP contribution in [0.3, 0.4) is 0 Å². The highest BCUT2D eigenvalue weighted by molar-refractivity contribution is 5.94. The van der Waals surface area contributed by atoms with Crippen LogP contribution < -0.4 is 15.7 Å². The molecular weight excluding hydrogens is 442 g/mol. The first-order chi connectivity index (χ1) is 17.1. The lowest BCUT2D eigenvalue weighted by Gasteiger charge is -2.43. The van der Waals surface area contributed by atoms with Gasteiger partial charge in [0.05, 0.1) is 18.4 Å². The van der Waals surface area contributed by atoms with Crippen LogP contribution in [-0.4, -0.2) is 46.3 Å². The number of carbonyl (C=O) groups is 1. The lowest BCUT2D eigenvalue weighted by molar-refractivity contribution is 0.0954. The molecule has 180 valence electrons. The number of ether oxygens (including phenoxy) is 1. The maximum Gasteiger partial charge on any atom is 0.272 e. The molecule has 2 atom stereocenters. The van der Waals surface area contributed by atoms with E-state index in [1.165, 1.54) is 6.20 Å². The van der Waals surface area contributed by atoms with Gasteiger partial charge in [-0.1, -0.05) is 6.07 Å². The number of benzene rings is 1. The van der Waals surface area contributed by atoms with E-state index >= 15 is 0 Å². The number of aromatic nitrogens is 2. The molecule has 1 N–H and O–H groups in total. The van der Waals surface area contributed by atoms with Crippen LogP contribution in [0.25, 0.3) is 0 Å². The molecule has 2 aromatic heterocycles. The van der Waals surface area contributed by atoms with Crippen LogP contribution in [0.4, 0.5) is 0 Å². The second-order valence-corrected chi connectivity index (χ2v) is 9.13. The Morgan fingerprint density at radius 2 is 2.11 bits per heavy atom. The first-order valence-electron chi connectivity index (χ1n) is 12.0. The van der Waals surface area contributed by atoms with Crippen LogP contribution in [0.1, 0.15) is 46.4 Å². The molecule has 2 bridgehead atoms. The molecule has 0 unspecified atom stereocenters. The summed E-state index contributed by atoms with van der Waals surface area (Å²) in [7, 11) is 0. The monoisotopic (exact) mass is 471 g/mol. The smallest absolute Gasteiger partial charge is 0.272 e. The van der Waals surface area contributed by atoms with E-state index in [4.69, 9.17) is 4.74 Å². The molecule has 35 heavy (non-hydrogen) atoms. The van der Waals surface area contributed by atoms with E-state index in [1.54, 1.807) is 30.6 Å². The van der Waals surface area contributed by atoms with E-state index in [1.807, 2.05) is 29.7 Å². The Kier molecular flexibility index (Phi) is 6.72. The molecule has 1 fully saturated rings. The molecule has 8 nitrogen and oxygen atoms in total. The number of likely N-dealkylation sites (tertiary alicyclic amines) is 1. The van der Waals surface area contributed by atoms with Crippen LogP contribution >= 0.6 is 0 Å². The van der Waals surface area contributed by atoms with Crippen LogP contribution in [0.5, 0.6) is 5.75 Å². The second kappa shape index (κ2) is 10.2. The molecule has 0 spiro atoms. The number of amides is 1. The molecule has 1 saturated heterocycles. The van der Waals surface area contributed by atoms with E-state index in [0.29, 0.717) is 24.0 Å². The Morgan fingerprint density at radius 3 is 2.94 bits per heavy atom. The molecule has 0 aliphatic carbocycles. The molecular formula is C27H29N5O3. The number of piperidine rings is 1. The van der Waals surface area contributed by atoms with Crippen molar-refractivity contribution in [2.24, 2.45) is 11.0 Å². The average molecular weight is 472 g/mol. The number of hydrazone groups is 1. The zero-order chi connectivity index (χ0) is 24.2. The minimum atomic E-state index is -0.306. The molecule has 2 aliphatic rings. The lowest BCUT2D eigenvalue weighted by Crippen LogP contribution is -2.46. The molecule has 0 radical (unpaired) electrons. The normalized spacial score (nSPS) is 19.3. The van der Waals surface area contributed by atoms with Gasteiger partial charge in [0, 0.05) is 61.8 Å². The molecule has 8 heteroatoms. The number of nitrogens with zero attached hydrogens (tertiary/aromatic N) is 4. The average Bonchev–Trinajstić information content (AvgIpc) is 2.87. The highest BCUT2D eigenvalue weighted by atomic mass is 16.5. The summed E-state index contributed by atoms with van der Waals surface area (Å²) in [6.45, 7) is 5.95.